The number of carbonyl (C=O) groups is 2. The van der Waals surface area contributed by atoms with Gasteiger partial charge in [-0.15, -0.1) is 0 Å². The Hall–Kier alpha value is -1.36. The Bertz CT molecular complexity index is 822. The van der Waals surface area contributed by atoms with Crippen molar-refractivity contribution in [2.24, 2.45) is 17.8 Å². The van der Waals surface area contributed by atoms with Gasteiger partial charge in [0.2, 0.25) is 0 Å². The van der Waals surface area contributed by atoms with E-state index in [-0.39, 0.29) is 61.0 Å². The van der Waals surface area contributed by atoms with Crippen LogP contribution in [-0.2, 0) is 23.8 Å². The third kappa shape index (κ3) is 11.0. The Kier molecular flexibility index (Phi) is 15.5. The van der Waals surface area contributed by atoms with E-state index in [9.17, 15) is 19.8 Å². The second-order valence-corrected chi connectivity index (χ2v) is 12.8. The first kappa shape index (κ1) is 35.8. The summed E-state index contributed by atoms with van der Waals surface area (Å²) in [5, 5.41) is 21.3. The highest BCUT2D eigenvalue weighted by molar-refractivity contribution is 5.69. The lowest BCUT2D eigenvalue weighted by Gasteiger charge is -2.44. The number of aliphatic hydroxyl groups excluding tert-OH is 2. The molecule has 0 saturated carbocycles. The molecule has 0 bridgehead atoms. The molecule has 0 unspecified atom stereocenters. The zero-order valence-corrected chi connectivity index (χ0v) is 26.8. The van der Waals surface area contributed by atoms with Gasteiger partial charge in [-0.1, -0.05) is 25.5 Å². The van der Waals surface area contributed by atoms with Crippen molar-refractivity contribution in [3.8, 4) is 0 Å². The van der Waals surface area contributed by atoms with Crippen LogP contribution in [-0.4, -0.2) is 109 Å². The van der Waals surface area contributed by atoms with Gasteiger partial charge in [0.05, 0.1) is 18.8 Å². The van der Waals surface area contributed by atoms with E-state index in [1.165, 1.54) is 5.57 Å². The third-order valence-corrected chi connectivity index (χ3v) is 9.15. The molecule has 2 aliphatic rings. The zero-order chi connectivity index (χ0) is 30.7. The molecule has 2 N–H and O–H groups in total. The Morgan fingerprint density at radius 3 is 2.51 bits per heavy atom. The lowest BCUT2D eigenvalue weighted by Crippen LogP contribution is -2.55. The summed E-state index contributed by atoms with van der Waals surface area (Å²) < 4.78 is 18.6. The predicted octanol–water partition coefficient (Wildman–Crippen LogP) is 3.80. The molecule has 0 aromatic carbocycles. The molecule has 1 fully saturated rings. The Morgan fingerprint density at radius 2 is 1.90 bits per heavy atom. The Balaban J connectivity index is 2.37. The third-order valence-electron chi connectivity index (χ3n) is 9.15. The van der Waals surface area contributed by atoms with Gasteiger partial charge >= 0.3 is 5.97 Å². The van der Waals surface area contributed by atoms with Crippen LogP contribution in [0, 0.1) is 17.8 Å². The maximum atomic E-state index is 13.0. The van der Waals surface area contributed by atoms with Gasteiger partial charge in [-0.2, -0.15) is 0 Å². The predicted molar refractivity (Wildman–Crippen MR) is 160 cm³/mol. The van der Waals surface area contributed by atoms with E-state index in [0.717, 1.165) is 32.1 Å². The lowest BCUT2D eigenvalue weighted by atomic mass is 9.83. The van der Waals surface area contributed by atoms with E-state index < -0.39 is 18.5 Å². The highest BCUT2D eigenvalue weighted by atomic mass is 16.7. The van der Waals surface area contributed by atoms with Crippen LogP contribution in [0.4, 0.5) is 0 Å². The van der Waals surface area contributed by atoms with Crippen LogP contribution in [0.25, 0.3) is 0 Å². The van der Waals surface area contributed by atoms with Crippen LogP contribution < -0.4 is 0 Å². The molecule has 10 atom stereocenters. The SMILES string of the molecule is CC[C@H]1OC(=O)CC[C@H](C)[C@@H](O[C@@H]2O[C@H](C)C[C@H](N(C)C)[C@H]2O)[C@@H](CC=O)C[C@@H](C)N(C)CCC/C(C)=C/[C@@H]1CO. The molecule has 1 saturated heterocycles. The molecule has 238 valence electrons. The van der Waals surface area contributed by atoms with E-state index in [1.807, 2.05) is 39.8 Å². The number of ether oxygens (including phenoxy) is 3. The molecule has 0 amide bonds. The second-order valence-electron chi connectivity index (χ2n) is 12.8. The van der Waals surface area contributed by atoms with Crippen LogP contribution in [0.1, 0.15) is 86.0 Å². The lowest BCUT2D eigenvalue weighted by molar-refractivity contribution is -0.280. The fourth-order valence-electron chi connectivity index (χ4n) is 6.39. The highest BCUT2D eigenvalue weighted by Gasteiger charge is 2.41. The van der Waals surface area contributed by atoms with Crippen molar-refractivity contribution >= 4 is 12.3 Å². The molecule has 0 radical (unpaired) electrons. The largest absolute Gasteiger partial charge is 0.462 e. The number of aliphatic hydroxyl groups is 2. The zero-order valence-electron chi connectivity index (χ0n) is 26.8. The molecule has 2 heterocycles. The van der Waals surface area contributed by atoms with E-state index >= 15 is 0 Å². The van der Waals surface area contributed by atoms with Crippen molar-refractivity contribution in [1.82, 2.24) is 9.80 Å². The first-order valence-electron chi connectivity index (χ1n) is 15.7. The smallest absolute Gasteiger partial charge is 0.306 e. The Morgan fingerprint density at radius 1 is 1.20 bits per heavy atom. The Labute approximate surface area is 248 Å². The van der Waals surface area contributed by atoms with Gasteiger partial charge < -0.3 is 39.0 Å². The standard InChI is InChI=1S/C32H58N2O7/c1-9-28-26(20-36)17-21(2)11-10-15-34(8)23(4)18-25(14-16-35)31(22(3)12-13-29(37)40-28)41-32-30(38)27(33(6)7)19-24(5)39-32/h16-17,22-28,30-32,36,38H,9-15,18-20H2,1-8H3/b21-17+/t22-,23+,24+,25-,26+,27-,28+,30+,31+,32-/m0/s1. The van der Waals surface area contributed by atoms with Gasteiger partial charge in [-0.25, -0.2) is 0 Å². The molecule has 0 spiro atoms. The monoisotopic (exact) mass is 582 g/mol. The number of esters is 1. The van der Waals surface area contributed by atoms with E-state index in [0.29, 0.717) is 25.7 Å². The molecule has 9 heteroatoms. The summed E-state index contributed by atoms with van der Waals surface area (Å²) in [6.45, 7) is 11.1. The van der Waals surface area contributed by atoms with Crippen LogP contribution in [0.3, 0.4) is 0 Å². The van der Waals surface area contributed by atoms with Crippen LogP contribution in [0.5, 0.6) is 0 Å². The molecule has 2 aliphatic heterocycles. The molecule has 41 heavy (non-hydrogen) atoms. The van der Waals surface area contributed by atoms with Crippen LogP contribution in [0.2, 0.25) is 0 Å². The highest BCUT2D eigenvalue weighted by Crippen LogP contribution is 2.33. The molecule has 0 aromatic heterocycles. The van der Waals surface area contributed by atoms with Crippen LogP contribution >= 0.6 is 0 Å². The molecular formula is C32H58N2O7. The van der Waals surface area contributed by atoms with Crippen molar-refractivity contribution in [3.05, 3.63) is 11.6 Å². The first-order valence-corrected chi connectivity index (χ1v) is 15.7. The summed E-state index contributed by atoms with van der Waals surface area (Å²) in [7, 11) is 6.00. The van der Waals surface area contributed by atoms with E-state index in [1.54, 1.807) is 0 Å². The summed E-state index contributed by atoms with van der Waals surface area (Å²) in [6.07, 6.45) is 5.41. The minimum atomic E-state index is -0.837. The number of hydrogen-bond acceptors (Lipinski definition) is 9. The molecule has 0 aromatic rings. The maximum absolute atomic E-state index is 13.0. The van der Waals surface area contributed by atoms with Gasteiger partial charge in [0, 0.05) is 30.8 Å². The number of aldehydes is 1. The average molecular weight is 583 g/mol. The fraction of sp³-hybridized carbons (Fsp3) is 0.875. The number of cyclic esters (lactones) is 1. The van der Waals surface area contributed by atoms with Crippen LogP contribution in [0.15, 0.2) is 11.6 Å². The van der Waals surface area contributed by atoms with Gasteiger partial charge in [-0.3, -0.25) is 4.79 Å². The number of hydrogen-bond donors (Lipinski definition) is 2. The topological polar surface area (TPSA) is 109 Å². The van der Waals surface area contributed by atoms with Gasteiger partial charge in [0.15, 0.2) is 6.29 Å². The molecular weight excluding hydrogens is 524 g/mol. The number of rotatable bonds is 7. The molecule has 2 rings (SSSR count). The minimum absolute atomic E-state index is 0.0736. The fourth-order valence-corrected chi connectivity index (χ4v) is 6.39. The average Bonchev–Trinajstić information content (AvgIpc) is 2.92. The van der Waals surface area contributed by atoms with E-state index in [2.05, 4.69) is 31.9 Å². The van der Waals surface area contributed by atoms with Gasteiger partial charge in [0.1, 0.15) is 18.5 Å². The molecule has 9 nitrogen and oxygen atoms in total. The first-order chi connectivity index (χ1) is 19.4. The summed E-state index contributed by atoms with van der Waals surface area (Å²) in [5.41, 5.74) is 1.18. The summed E-state index contributed by atoms with van der Waals surface area (Å²) in [4.78, 5) is 29.2. The molecule has 0 aliphatic carbocycles. The quantitative estimate of drug-likeness (QED) is 0.263. The summed E-state index contributed by atoms with van der Waals surface area (Å²) in [6, 6.07) is 0.0877. The van der Waals surface area contributed by atoms with Crippen molar-refractivity contribution in [1.29, 1.82) is 0 Å². The second kappa shape index (κ2) is 17.7. The van der Waals surface area contributed by atoms with Crippen molar-refractivity contribution in [3.63, 3.8) is 0 Å². The number of nitrogens with zero attached hydrogens (tertiary/aromatic N) is 2. The summed E-state index contributed by atoms with van der Waals surface area (Å²) >= 11 is 0. The van der Waals surface area contributed by atoms with Crippen molar-refractivity contribution in [2.45, 2.75) is 129 Å². The maximum Gasteiger partial charge on any atom is 0.306 e. The minimum Gasteiger partial charge on any atom is -0.462 e. The van der Waals surface area contributed by atoms with Gasteiger partial charge in [0.25, 0.3) is 0 Å². The van der Waals surface area contributed by atoms with Crippen molar-refractivity contribution < 1.29 is 34.0 Å². The number of likely N-dealkylation sites (N-methyl/N-ethyl adjacent to an activating group) is 1. The normalized spacial score (nSPS) is 39.0. The van der Waals surface area contributed by atoms with Crippen molar-refractivity contribution in [2.75, 3.05) is 34.3 Å². The van der Waals surface area contributed by atoms with Gasteiger partial charge in [-0.05, 0) is 98.8 Å². The summed E-state index contributed by atoms with van der Waals surface area (Å²) in [5.74, 6) is -0.742. The number of allylic oxidation sites excluding steroid dienone is 1. The number of carbonyl (C=O) groups excluding carboxylic acids is 2. The van der Waals surface area contributed by atoms with E-state index in [4.69, 9.17) is 14.2 Å².